The van der Waals surface area contributed by atoms with Crippen LogP contribution >= 0.6 is 11.6 Å². The Morgan fingerprint density at radius 3 is 2.82 bits per heavy atom. The summed E-state index contributed by atoms with van der Waals surface area (Å²) in [7, 11) is 0. The van der Waals surface area contributed by atoms with Crippen LogP contribution in [0.1, 0.15) is 6.23 Å². The van der Waals surface area contributed by atoms with Crippen LogP contribution in [0, 0.1) is 10.1 Å². The Bertz CT molecular complexity index is 425. The van der Waals surface area contributed by atoms with Crippen LogP contribution in [-0.2, 0) is 4.74 Å². The molecule has 2 rings (SSSR count). The van der Waals surface area contributed by atoms with Gasteiger partial charge in [0, 0.05) is 0 Å². The molecule has 94 valence electrons. The molecule has 8 nitrogen and oxygen atoms in total. The van der Waals surface area contributed by atoms with Crippen molar-refractivity contribution < 1.29 is 19.9 Å². The van der Waals surface area contributed by atoms with Gasteiger partial charge in [0.2, 0.25) is 6.23 Å². The number of alkyl halides is 1. The molecule has 1 aliphatic rings. The maximum absolute atomic E-state index is 10.7. The second-order valence-corrected chi connectivity index (χ2v) is 3.90. The predicted octanol–water partition coefficient (Wildman–Crippen LogP) is -0.351. The van der Waals surface area contributed by atoms with Gasteiger partial charge in [0.15, 0.2) is 0 Å². The quantitative estimate of drug-likeness (QED) is 0.438. The molecule has 0 spiro atoms. The lowest BCUT2D eigenvalue weighted by Crippen LogP contribution is -2.32. The second-order valence-electron chi connectivity index (χ2n) is 3.59. The van der Waals surface area contributed by atoms with Crippen molar-refractivity contribution in [3.05, 3.63) is 22.5 Å². The van der Waals surface area contributed by atoms with Gasteiger partial charge in [-0.15, -0.1) is 11.6 Å². The van der Waals surface area contributed by atoms with Gasteiger partial charge >= 0.3 is 5.95 Å². The molecule has 1 aromatic rings. The van der Waals surface area contributed by atoms with E-state index in [9.17, 15) is 20.3 Å². The van der Waals surface area contributed by atoms with Crippen molar-refractivity contribution in [2.75, 3.05) is 5.88 Å². The Morgan fingerprint density at radius 2 is 2.29 bits per heavy atom. The minimum absolute atomic E-state index is 0.0166. The number of aliphatic hydroxyl groups is 2. The van der Waals surface area contributed by atoms with Crippen molar-refractivity contribution in [3.63, 3.8) is 0 Å². The van der Waals surface area contributed by atoms with Gasteiger partial charge in [-0.1, -0.05) is 4.98 Å². The minimum Gasteiger partial charge on any atom is -0.390 e. The van der Waals surface area contributed by atoms with E-state index in [0.29, 0.717) is 0 Å². The smallest absolute Gasteiger partial charge is 0.390 e. The van der Waals surface area contributed by atoms with Crippen LogP contribution in [0.25, 0.3) is 0 Å². The number of hydrogen-bond acceptors (Lipinski definition) is 6. The first-order valence-corrected chi connectivity index (χ1v) is 5.34. The average Bonchev–Trinajstić information content (AvgIpc) is 2.86. The van der Waals surface area contributed by atoms with Crippen LogP contribution in [0.5, 0.6) is 0 Å². The first kappa shape index (κ1) is 12.2. The normalized spacial score (nSPS) is 32.9. The van der Waals surface area contributed by atoms with Crippen molar-refractivity contribution in [3.8, 4) is 0 Å². The third-order valence-corrected chi connectivity index (χ3v) is 2.88. The zero-order valence-corrected chi connectivity index (χ0v) is 9.27. The molecule has 1 fully saturated rings. The van der Waals surface area contributed by atoms with Gasteiger partial charge in [-0.3, -0.25) is 0 Å². The molecular weight excluding hydrogens is 254 g/mol. The van der Waals surface area contributed by atoms with E-state index in [4.69, 9.17) is 16.3 Å². The van der Waals surface area contributed by atoms with E-state index in [1.54, 1.807) is 0 Å². The van der Waals surface area contributed by atoms with E-state index in [2.05, 4.69) is 4.98 Å². The molecule has 0 amide bonds. The molecule has 1 unspecified atom stereocenters. The lowest BCUT2D eigenvalue weighted by molar-refractivity contribution is -0.398. The summed E-state index contributed by atoms with van der Waals surface area (Å²) in [5, 5.41) is 30.0. The van der Waals surface area contributed by atoms with Crippen molar-refractivity contribution in [2.24, 2.45) is 0 Å². The number of aliphatic hydroxyl groups excluding tert-OH is 2. The Balaban J connectivity index is 2.29. The highest BCUT2D eigenvalue weighted by molar-refractivity contribution is 6.18. The molecule has 0 radical (unpaired) electrons. The van der Waals surface area contributed by atoms with Crippen LogP contribution in [0.4, 0.5) is 5.95 Å². The van der Waals surface area contributed by atoms with E-state index >= 15 is 0 Å². The van der Waals surface area contributed by atoms with E-state index < -0.39 is 35.4 Å². The minimum atomic E-state index is -1.29. The summed E-state index contributed by atoms with van der Waals surface area (Å²) in [6.07, 6.45) is -1.77. The summed E-state index contributed by atoms with van der Waals surface area (Å²) >= 11 is 5.54. The lowest BCUT2D eigenvalue weighted by atomic mass is 10.1. The molecule has 1 saturated heterocycles. The highest BCUT2D eigenvalue weighted by Gasteiger charge is 2.46. The third-order valence-electron chi connectivity index (χ3n) is 2.57. The molecule has 0 bridgehead atoms. The number of imidazole rings is 1. The molecule has 4 atom stereocenters. The Hall–Kier alpha value is -1.22. The predicted molar refractivity (Wildman–Crippen MR) is 55.5 cm³/mol. The van der Waals surface area contributed by atoms with Crippen LogP contribution < -0.4 is 0 Å². The van der Waals surface area contributed by atoms with Crippen molar-refractivity contribution in [1.82, 2.24) is 9.55 Å². The van der Waals surface area contributed by atoms with Gasteiger partial charge in [0.05, 0.1) is 5.88 Å². The molecule has 1 aliphatic heterocycles. The first-order valence-electron chi connectivity index (χ1n) is 4.81. The topological polar surface area (TPSA) is 111 Å². The highest BCUT2D eigenvalue weighted by atomic mass is 35.5. The maximum atomic E-state index is 10.7. The van der Waals surface area contributed by atoms with Gasteiger partial charge in [-0.05, 0) is 4.92 Å². The van der Waals surface area contributed by atoms with Gasteiger partial charge in [0.25, 0.3) is 0 Å². The monoisotopic (exact) mass is 263 g/mol. The molecule has 17 heavy (non-hydrogen) atoms. The van der Waals surface area contributed by atoms with Crippen LogP contribution in [-0.4, -0.2) is 48.9 Å². The van der Waals surface area contributed by atoms with E-state index in [1.165, 1.54) is 12.4 Å². The maximum Gasteiger partial charge on any atom is 0.436 e. The zero-order valence-electron chi connectivity index (χ0n) is 8.51. The van der Waals surface area contributed by atoms with Crippen LogP contribution in [0.15, 0.2) is 12.4 Å². The Morgan fingerprint density at radius 1 is 1.59 bits per heavy atom. The van der Waals surface area contributed by atoms with Crippen LogP contribution in [0.3, 0.4) is 0 Å². The van der Waals surface area contributed by atoms with Gasteiger partial charge in [-0.2, -0.15) is 4.57 Å². The summed E-state index contributed by atoms with van der Waals surface area (Å²) in [6, 6.07) is 0. The highest BCUT2D eigenvalue weighted by Crippen LogP contribution is 2.32. The molecule has 2 heterocycles. The SMILES string of the molecule is O=[N+]([O-])c1nccn1C1O[C@H](CCl)[C@@H](O)[C@H]1O. The molecular formula is C8H10ClN3O5. The number of halogens is 1. The fourth-order valence-corrected chi connectivity index (χ4v) is 1.99. The van der Waals surface area contributed by atoms with E-state index in [1.807, 2.05) is 0 Å². The summed E-state index contributed by atoms with van der Waals surface area (Å²) < 4.78 is 6.31. The second kappa shape index (κ2) is 4.57. The van der Waals surface area contributed by atoms with E-state index in [-0.39, 0.29) is 5.88 Å². The van der Waals surface area contributed by atoms with Gasteiger partial charge in [0.1, 0.15) is 30.7 Å². The van der Waals surface area contributed by atoms with Gasteiger partial charge in [-0.25, -0.2) is 0 Å². The average molecular weight is 264 g/mol. The fraction of sp³-hybridized carbons (Fsp3) is 0.625. The summed E-state index contributed by atoms with van der Waals surface area (Å²) in [4.78, 5) is 13.5. The van der Waals surface area contributed by atoms with Crippen molar-refractivity contribution in [1.29, 1.82) is 0 Å². The molecule has 2 N–H and O–H groups in total. The molecule has 0 saturated carbocycles. The molecule has 0 aromatic carbocycles. The number of ether oxygens (including phenoxy) is 1. The van der Waals surface area contributed by atoms with Crippen LogP contribution in [0.2, 0.25) is 0 Å². The molecule has 1 aromatic heterocycles. The molecule has 0 aliphatic carbocycles. The number of aromatic nitrogens is 2. The number of hydrogen-bond donors (Lipinski definition) is 2. The zero-order chi connectivity index (χ0) is 12.6. The standard InChI is InChI=1S/C8H10ClN3O5/c9-3-4-5(13)6(14)7(17-4)11-2-1-10-8(11)12(15)16/h1-2,4-7,13-14H,3H2/t4-,5-,6-,7?/m1/s1. The number of nitrogens with zero attached hydrogens (tertiary/aromatic N) is 3. The Kier molecular flexibility index (Phi) is 3.29. The van der Waals surface area contributed by atoms with Crippen molar-refractivity contribution >= 4 is 17.5 Å². The Labute approximate surface area is 101 Å². The van der Waals surface area contributed by atoms with E-state index in [0.717, 1.165) is 4.57 Å². The summed E-state index contributed by atoms with van der Waals surface area (Å²) in [5.41, 5.74) is 0. The van der Waals surface area contributed by atoms with Gasteiger partial charge < -0.3 is 25.1 Å². The number of rotatable bonds is 3. The third kappa shape index (κ3) is 2.00. The largest absolute Gasteiger partial charge is 0.436 e. The summed E-state index contributed by atoms with van der Waals surface area (Å²) in [5.74, 6) is -0.478. The summed E-state index contributed by atoms with van der Waals surface area (Å²) in [6.45, 7) is 0. The molecule has 9 heteroatoms. The fourth-order valence-electron chi connectivity index (χ4n) is 1.73. The van der Waals surface area contributed by atoms with Crippen molar-refractivity contribution in [2.45, 2.75) is 24.5 Å². The lowest BCUT2D eigenvalue weighted by Gasteiger charge is -2.13. The number of nitro groups is 1. The first-order chi connectivity index (χ1) is 8.06.